The summed E-state index contributed by atoms with van der Waals surface area (Å²) < 4.78 is 12.0. The van der Waals surface area contributed by atoms with E-state index in [0.29, 0.717) is 29.7 Å². The number of hydrogen-bond acceptors (Lipinski definition) is 8. The number of aromatic nitrogens is 1. The first-order chi connectivity index (χ1) is 16.6. The number of amides is 1. The molecule has 2 aliphatic heterocycles. The molecule has 0 spiro atoms. The highest BCUT2D eigenvalue weighted by Crippen LogP contribution is 2.39. The lowest BCUT2D eigenvalue weighted by molar-refractivity contribution is 0.0792. The van der Waals surface area contributed by atoms with E-state index in [-0.39, 0.29) is 12.0 Å². The molecule has 0 saturated carbocycles. The van der Waals surface area contributed by atoms with Crippen LogP contribution in [0.15, 0.2) is 36.4 Å². The van der Waals surface area contributed by atoms with Gasteiger partial charge >= 0.3 is 0 Å². The number of benzene rings is 2. The number of hydrogen-bond donors (Lipinski definition) is 2. The van der Waals surface area contributed by atoms with Crippen LogP contribution in [0, 0.1) is 0 Å². The Morgan fingerprint density at radius 2 is 1.88 bits per heavy atom. The Morgan fingerprint density at radius 1 is 1.15 bits per heavy atom. The van der Waals surface area contributed by atoms with Crippen molar-refractivity contribution >= 4 is 38.3 Å². The van der Waals surface area contributed by atoms with Gasteiger partial charge in [-0.15, -0.1) is 0 Å². The molecule has 2 aromatic carbocycles. The molecule has 2 fully saturated rings. The Hall–Kier alpha value is -2.72. The predicted molar refractivity (Wildman–Crippen MR) is 134 cm³/mol. The quantitative estimate of drug-likeness (QED) is 0.557. The fraction of sp³-hybridized carbons (Fsp3) is 0.440. The molecule has 8 nitrogen and oxygen atoms in total. The molecule has 3 aromatic rings. The second kappa shape index (κ2) is 10.3. The molecule has 0 unspecified atom stereocenters. The molecule has 34 heavy (non-hydrogen) atoms. The number of fused-ring (bicyclic) bond motifs is 1. The highest BCUT2D eigenvalue weighted by Gasteiger charge is 2.21. The topological polar surface area (TPSA) is 87.2 Å². The number of nitrogens with one attached hydrogen (secondary N) is 1. The van der Waals surface area contributed by atoms with Gasteiger partial charge in [0, 0.05) is 38.3 Å². The van der Waals surface area contributed by atoms with Gasteiger partial charge in [0.25, 0.3) is 5.91 Å². The number of ether oxygens (including phenoxy) is 2. The van der Waals surface area contributed by atoms with Crippen LogP contribution in [-0.2, 0) is 11.3 Å². The van der Waals surface area contributed by atoms with Crippen molar-refractivity contribution in [1.29, 1.82) is 0 Å². The number of morpholine rings is 1. The number of methoxy groups -OCH3 is 1. The van der Waals surface area contributed by atoms with Crippen molar-refractivity contribution in [2.45, 2.75) is 25.5 Å². The second-order valence-corrected chi connectivity index (χ2v) is 9.74. The minimum atomic E-state index is -0.182. The molecule has 0 bridgehead atoms. The van der Waals surface area contributed by atoms with Gasteiger partial charge in [-0.1, -0.05) is 23.5 Å². The minimum absolute atomic E-state index is 0.172. The summed E-state index contributed by atoms with van der Waals surface area (Å²) in [6.45, 7) is 5.68. The lowest BCUT2D eigenvalue weighted by Crippen LogP contribution is -2.36. The van der Waals surface area contributed by atoms with Crippen LogP contribution in [0.5, 0.6) is 5.75 Å². The molecule has 2 N–H and O–H groups in total. The third kappa shape index (κ3) is 5.02. The Kier molecular flexibility index (Phi) is 6.96. The number of piperidine rings is 1. The van der Waals surface area contributed by atoms with Gasteiger partial charge in [-0.05, 0) is 42.7 Å². The van der Waals surface area contributed by atoms with Crippen LogP contribution in [0.4, 0.5) is 10.8 Å². The van der Waals surface area contributed by atoms with Crippen LogP contribution in [0.3, 0.4) is 0 Å². The molecule has 0 radical (unpaired) electrons. The first-order valence-corrected chi connectivity index (χ1v) is 12.5. The van der Waals surface area contributed by atoms with Crippen molar-refractivity contribution in [3.8, 4) is 5.75 Å². The highest BCUT2D eigenvalue weighted by atomic mass is 32.1. The summed E-state index contributed by atoms with van der Waals surface area (Å²) in [6.07, 6.45) is 1.47. The predicted octanol–water partition coefficient (Wildman–Crippen LogP) is 3.35. The summed E-state index contributed by atoms with van der Waals surface area (Å²) in [5.41, 5.74) is 3.60. The van der Waals surface area contributed by atoms with E-state index in [9.17, 15) is 9.90 Å². The zero-order valence-electron chi connectivity index (χ0n) is 19.3. The van der Waals surface area contributed by atoms with Crippen LogP contribution in [0.1, 0.15) is 28.8 Å². The van der Waals surface area contributed by atoms with Gasteiger partial charge in [0.05, 0.1) is 36.8 Å². The molecule has 180 valence electrons. The van der Waals surface area contributed by atoms with Crippen molar-refractivity contribution in [3.05, 3.63) is 47.5 Å². The molecular formula is C25H30N4O4S. The van der Waals surface area contributed by atoms with E-state index in [0.717, 1.165) is 67.0 Å². The van der Waals surface area contributed by atoms with Crippen LogP contribution in [0.25, 0.3) is 10.2 Å². The molecule has 1 amide bonds. The Balaban J connectivity index is 1.30. The SMILES string of the molecule is COc1ccc(N2CCOCC2)c2sc(NC(=O)c3ccc(CN4CCC(O)CC4)cc3)nc12. The average molecular weight is 483 g/mol. The monoisotopic (exact) mass is 482 g/mol. The second-order valence-electron chi connectivity index (χ2n) is 8.74. The van der Waals surface area contributed by atoms with E-state index in [1.807, 2.05) is 30.3 Å². The van der Waals surface area contributed by atoms with Crippen LogP contribution in [-0.4, -0.2) is 73.5 Å². The summed E-state index contributed by atoms with van der Waals surface area (Å²) in [7, 11) is 1.63. The van der Waals surface area contributed by atoms with Crippen LogP contribution < -0.4 is 15.0 Å². The summed E-state index contributed by atoms with van der Waals surface area (Å²) in [5, 5.41) is 13.2. The van der Waals surface area contributed by atoms with Gasteiger partial charge in [-0.2, -0.15) is 0 Å². The van der Waals surface area contributed by atoms with Crippen molar-refractivity contribution in [2.75, 3.05) is 56.7 Å². The zero-order chi connectivity index (χ0) is 23.5. The number of thiazole rings is 1. The molecule has 9 heteroatoms. The van der Waals surface area contributed by atoms with Gasteiger partial charge in [0.2, 0.25) is 0 Å². The molecule has 2 saturated heterocycles. The Morgan fingerprint density at radius 3 is 2.59 bits per heavy atom. The molecule has 2 aliphatic rings. The number of carbonyl (C=O) groups excluding carboxylic acids is 1. The summed E-state index contributed by atoms with van der Waals surface area (Å²) in [5.74, 6) is 0.511. The van der Waals surface area contributed by atoms with E-state index in [4.69, 9.17) is 9.47 Å². The van der Waals surface area contributed by atoms with Crippen molar-refractivity contribution in [3.63, 3.8) is 0 Å². The number of nitrogens with zero attached hydrogens (tertiary/aromatic N) is 3. The normalized spacial score (nSPS) is 17.8. The van der Waals surface area contributed by atoms with Gasteiger partial charge < -0.3 is 19.5 Å². The van der Waals surface area contributed by atoms with Crippen LogP contribution >= 0.6 is 11.3 Å². The number of aliphatic hydroxyl groups is 1. The fourth-order valence-corrected chi connectivity index (χ4v) is 5.53. The molecule has 5 rings (SSSR count). The van der Waals surface area contributed by atoms with Gasteiger partial charge in [-0.25, -0.2) is 4.98 Å². The minimum Gasteiger partial charge on any atom is -0.494 e. The van der Waals surface area contributed by atoms with E-state index < -0.39 is 0 Å². The Labute approximate surface area is 203 Å². The smallest absolute Gasteiger partial charge is 0.257 e. The van der Waals surface area contributed by atoms with Gasteiger partial charge in [0.15, 0.2) is 5.13 Å². The maximum atomic E-state index is 12.9. The van der Waals surface area contributed by atoms with Crippen molar-refractivity contribution in [1.82, 2.24) is 9.88 Å². The van der Waals surface area contributed by atoms with Crippen molar-refractivity contribution in [2.24, 2.45) is 0 Å². The molecule has 3 heterocycles. The summed E-state index contributed by atoms with van der Waals surface area (Å²) in [4.78, 5) is 22.2. The van der Waals surface area contributed by atoms with Crippen LogP contribution in [0.2, 0.25) is 0 Å². The van der Waals surface area contributed by atoms with E-state index in [1.54, 1.807) is 7.11 Å². The number of anilines is 2. The maximum absolute atomic E-state index is 12.9. The number of aliphatic hydroxyl groups excluding tert-OH is 1. The zero-order valence-corrected chi connectivity index (χ0v) is 20.1. The van der Waals surface area contributed by atoms with Gasteiger partial charge in [-0.3, -0.25) is 15.0 Å². The molecule has 0 atom stereocenters. The summed E-state index contributed by atoms with van der Waals surface area (Å²) >= 11 is 1.46. The highest BCUT2D eigenvalue weighted by molar-refractivity contribution is 7.23. The third-order valence-corrected chi connectivity index (χ3v) is 7.45. The standard InChI is InChI=1S/C25H30N4O4S/c1-32-21-7-6-20(29-12-14-33-15-13-29)23-22(21)26-25(34-23)27-24(31)18-4-2-17(3-5-18)16-28-10-8-19(30)9-11-28/h2-7,19,30H,8-16H2,1H3,(H,26,27,31). The largest absolute Gasteiger partial charge is 0.494 e. The lowest BCUT2D eigenvalue weighted by Gasteiger charge is -2.29. The maximum Gasteiger partial charge on any atom is 0.257 e. The Bertz CT molecular complexity index is 1140. The fourth-order valence-electron chi connectivity index (χ4n) is 4.51. The summed E-state index contributed by atoms with van der Waals surface area (Å²) in [6, 6.07) is 11.7. The number of carbonyl (C=O) groups is 1. The van der Waals surface area contributed by atoms with Gasteiger partial charge in [0.1, 0.15) is 11.3 Å². The first-order valence-electron chi connectivity index (χ1n) is 11.7. The van der Waals surface area contributed by atoms with Crippen molar-refractivity contribution < 1.29 is 19.4 Å². The van der Waals surface area contributed by atoms with E-state index >= 15 is 0 Å². The number of likely N-dealkylation sites (tertiary alicyclic amines) is 1. The van der Waals surface area contributed by atoms with E-state index in [2.05, 4.69) is 26.2 Å². The average Bonchev–Trinajstić information content (AvgIpc) is 3.29. The molecule has 0 aliphatic carbocycles. The molecule has 1 aromatic heterocycles. The first kappa shape index (κ1) is 23.0. The number of rotatable bonds is 6. The van der Waals surface area contributed by atoms with E-state index in [1.165, 1.54) is 11.3 Å². The third-order valence-electron chi connectivity index (χ3n) is 6.46. The lowest BCUT2D eigenvalue weighted by atomic mass is 10.1. The molecular weight excluding hydrogens is 452 g/mol.